The highest BCUT2D eigenvalue weighted by Crippen LogP contribution is 2.60. The Morgan fingerprint density at radius 2 is 1.97 bits per heavy atom. The van der Waals surface area contributed by atoms with E-state index in [-0.39, 0.29) is 6.10 Å². The minimum atomic E-state index is -0.535. The number of rotatable bonds is 6. The molecular weight excluding hydrogens is 356 g/mol. The summed E-state index contributed by atoms with van der Waals surface area (Å²) in [7, 11) is 0. The molecule has 2 heteroatoms. The van der Waals surface area contributed by atoms with Crippen molar-refractivity contribution < 1.29 is 10.2 Å². The molecule has 3 aliphatic carbocycles. The van der Waals surface area contributed by atoms with Crippen molar-refractivity contribution in [3.63, 3.8) is 0 Å². The SMILES string of the molecule is C=C1CC[C@@H](O)CC1=CC=C1CCC[C@@]2(C)C1CC[C@@H]2[C@H](C)CCCC(C)(C)O. The monoisotopic (exact) mass is 400 g/mol. The largest absolute Gasteiger partial charge is 0.393 e. The van der Waals surface area contributed by atoms with Gasteiger partial charge >= 0.3 is 0 Å². The maximum atomic E-state index is 10.0. The summed E-state index contributed by atoms with van der Waals surface area (Å²) in [4.78, 5) is 0. The summed E-state index contributed by atoms with van der Waals surface area (Å²) >= 11 is 0. The van der Waals surface area contributed by atoms with Gasteiger partial charge < -0.3 is 10.2 Å². The van der Waals surface area contributed by atoms with E-state index in [1.54, 1.807) is 5.57 Å². The van der Waals surface area contributed by atoms with E-state index in [0.717, 1.165) is 49.9 Å². The maximum Gasteiger partial charge on any atom is 0.0591 e. The standard InChI is InChI=1S/C27H44O2/c1-19-10-13-23(28)18-22(19)12-11-21-9-7-17-27(5)24(14-15-25(21)27)20(2)8-6-16-26(3,4)29/h11-12,20,23-25,28-29H,1,6-10,13-18H2,2-5H3/t20-,23-,24-,25?,27-/m1/s1. The van der Waals surface area contributed by atoms with Crippen molar-refractivity contribution in [3.8, 4) is 0 Å². The third-order valence-corrected chi connectivity index (χ3v) is 8.36. The molecule has 0 aromatic carbocycles. The zero-order valence-corrected chi connectivity index (χ0v) is 19.3. The smallest absolute Gasteiger partial charge is 0.0591 e. The molecule has 0 amide bonds. The van der Waals surface area contributed by atoms with Crippen LogP contribution in [0.15, 0.2) is 35.5 Å². The van der Waals surface area contributed by atoms with Crippen molar-refractivity contribution in [2.45, 2.75) is 110 Å². The van der Waals surface area contributed by atoms with Gasteiger partial charge in [0.1, 0.15) is 0 Å². The summed E-state index contributed by atoms with van der Waals surface area (Å²) in [6.07, 6.45) is 16.9. The van der Waals surface area contributed by atoms with Gasteiger partial charge in [0, 0.05) is 0 Å². The first-order valence-electron chi connectivity index (χ1n) is 12.1. The molecular formula is C27H44O2. The van der Waals surface area contributed by atoms with Crippen LogP contribution in [0, 0.1) is 23.2 Å². The van der Waals surface area contributed by atoms with Gasteiger partial charge in [-0.3, -0.25) is 0 Å². The predicted molar refractivity (Wildman–Crippen MR) is 123 cm³/mol. The second-order valence-electron chi connectivity index (χ2n) is 11.2. The van der Waals surface area contributed by atoms with Gasteiger partial charge in [-0.2, -0.15) is 0 Å². The molecule has 5 atom stereocenters. The van der Waals surface area contributed by atoms with E-state index in [4.69, 9.17) is 0 Å². The lowest BCUT2D eigenvalue weighted by Crippen LogP contribution is -2.36. The highest BCUT2D eigenvalue weighted by Gasteiger charge is 2.50. The molecule has 3 saturated carbocycles. The van der Waals surface area contributed by atoms with Gasteiger partial charge in [0.25, 0.3) is 0 Å². The fourth-order valence-electron chi connectivity index (χ4n) is 6.67. The van der Waals surface area contributed by atoms with Gasteiger partial charge in [-0.25, -0.2) is 0 Å². The molecule has 3 fully saturated rings. The van der Waals surface area contributed by atoms with E-state index in [0.29, 0.717) is 5.41 Å². The Kier molecular flexibility index (Phi) is 7.16. The van der Waals surface area contributed by atoms with Crippen LogP contribution in [0.4, 0.5) is 0 Å². The van der Waals surface area contributed by atoms with E-state index in [2.05, 4.69) is 32.6 Å². The Labute approximate surface area is 179 Å². The van der Waals surface area contributed by atoms with Crippen LogP contribution in [0.1, 0.15) is 98.3 Å². The van der Waals surface area contributed by atoms with Crippen molar-refractivity contribution in [1.29, 1.82) is 0 Å². The predicted octanol–water partition coefficient (Wildman–Crippen LogP) is 6.73. The Morgan fingerprint density at radius 3 is 2.69 bits per heavy atom. The molecule has 2 N–H and O–H groups in total. The van der Waals surface area contributed by atoms with Crippen LogP contribution < -0.4 is 0 Å². The summed E-state index contributed by atoms with van der Waals surface area (Å²) in [6.45, 7) is 13.1. The molecule has 0 heterocycles. The van der Waals surface area contributed by atoms with Crippen molar-refractivity contribution in [3.05, 3.63) is 35.5 Å². The lowest BCUT2D eigenvalue weighted by molar-refractivity contribution is 0.0596. The van der Waals surface area contributed by atoms with E-state index in [9.17, 15) is 10.2 Å². The quantitative estimate of drug-likeness (QED) is 0.518. The van der Waals surface area contributed by atoms with Crippen LogP contribution in [-0.4, -0.2) is 21.9 Å². The molecule has 2 nitrogen and oxygen atoms in total. The lowest BCUT2D eigenvalue weighted by Gasteiger charge is -2.44. The summed E-state index contributed by atoms with van der Waals surface area (Å²) in [5.41, 5.74) is 4.02. The van der Waals surface area contributed by atoms with Crippen molar-refractivity contribution in [1.82, 2.24) is 0 Å². The number of allylic oxidation sites excluding steroid dienone is 4. The number of fused-ring (bicyclic) bond motifs is 1. The zero-order chi connectivity index (χ0) is 21.2. The Balaban J connectivity index is 1.68. The molecule has 0 aromatic heterocycles. The average molecular weight is 401 g/mol. The molecule has 0 spiro atoms. The van der Waals surface area contributed by atoms with Crippen LogP contribution in [0.3, 0.4) is 0 Å². The van der Waals surface area contributed by atoms with Gasteiger partial charge in [0.2, 0.25) is 0 Å². The fourth-order valence-corrected chi connectivity index (χ4v) is 6.67. The number of hydrogen-bond donors (Lipinski definition) is 2. The summed E-state index contributed by atoms with van der Waals surface area (Å²) < 4.78 is 0. The minimum absolute atomic E-state index is 0.192. The molecule has 0 aliphatic heterocycles. The van der Waals surface area contributed by atoms with Crippen LogP contribution >= 0.6 is 0 Å². The maximum absolute atomic E-state index is 10.0. The van der Waals surface area contributed by atoms with Gasteiger partial charge in [-0.1, -0.05) is 56.6 Å². The molecule has 0 saturated heterocycles. The summed E-state index contributed by atoms with van der Waals surface area (Å²) in [5, 5.41) is 20.1. The van der Waals surface area contributed by atoms with Crippen molar-refractivity contribution >= 4 is 0 Å². The topological polar surface area (TPSA) is 40.5 Å². The van der Waals surface area contributed by atoms with Crippen LogP contribution in [0.5, 0.6) is 0 Å². The first kappa shape index (κ1) is 22.8. The van der Waals surface area contributed by atoms with Gasteiger partial charge in [0.15, 0.2) is 0 Å². The fraction of sp³-hybridized carbons (Fsp3) is 0.778. The van der Waals surface area contributed by atoms with Crippen molar-refractivity contribution in [2.24, 2.45) is 23.2 Å². The number of aliphatic hydroxyl groups excluding tert-OH is 1. The van der Waals surface area contributed by atoms with Gasteiger partial charge in [0.05, 0.1) is 11.7 Å². The zero-order valence-electron chi connectivity index (χ0n) is 19.3. The molecule has 29 heavy (non-hydrogen) atoms. The lowest BCUT2D eigenvalue weighted by atomic mass is 9.60. The van der Waals surface area contributed by atoms with E-state index in [1.165, 1.54) is 49.7 Å². The van der Waals surface area contributed by atoms with Crippen molar-refractivity contribution in [2.75, 3.05) is 0 Å². The molecule has 3 rings (SSSR count). The second kappa shape index (κ2) is 9.10. The Hall–Kier alpha value is -0.860. The molecule has 0 aromatic rings. The van der Waals surface area contributed by atoms with E-state index < -0.39 is 5.60 Å². The highest BCUT2D eigenvalue weighted by molar-refractivity contribution is 5.36. The van der Waals surface area contributed by atoms with Crippen LogP contribution in [-0.2, 0) is 0 Å². The summed E-state index contributed by atoms with van der Waals surface area (Å²) in [5.74, 6) is 2.26. The number of aliphatic hydroxyl groups is 2. The average Bonchev–Trinajstić information content (AvgIpc) is 2.99. The summed E-state index contributed by atoms with van der Waals surface area (Å²) in [6, 6.07) is 0. The minimum Gasteiger partial charge on any atom is -0.393 e. The highest BCUT2D eigenvalue weighted by atomic mass is 16.3. The molecule has 3 aliphatic rings. The normalized spacial score (nSPS) is 37.2. The first-order valence-corrected chi connectivity index (χ1v) is 12.1. The number of hydrogen-bond acceptors (Lipinski definition) is 2. The van der Waals surface area contributed by atoms with E-state index >= 15 is 0 Å². The Bertz CT molecular complexity index is 650. The Morgan fingerprint density at radius 1 is 1.21 bits per heavy atom. The third-order valence-electron chi connectivity index (χ3n) is 8.36. The molecule has 1 unspecified atom stereocenters. The van der Waals surface area contributed by atoms with Gasteiger partial charge in [-0.15, -0.1) is 0 Å². The molecule has 0 bridgehead atoms. The van der Waals surface area contributed by atoms with E-state index in [1.807, 2.05) is 13.8 Å². The first-order chi connectivity index (χ1) is 13.6. The van der Waals surface area contributed by atoms with Crippen LogP contribution in [0.2, 0.25) is 0 Å². The molecule has 0 radical (unpaired) electrons. The molecule has 164 valence electrons. The van der Waals surface area contributed by atoms with Crippen LogP contribution in [0.25, 0.3) is 0 Å². The third kappa shape index (κ3) is 5.44. The van der Waals surface area contributed by atoms with Gasteiger partial charge in [-0.05, 0) is 100 Å². The second-order valence-corrected chi connectivity index (χ2v) is 11.2.